The first-order valence-electron chi connectivity index (χ1n) is 6.87. The summed E-state index contributed by atoms with van der Waals surface area (Å²) in [6.45, 7) is 3.80. The number of hydrogen-bond acceptors (Lipinski definition) is 5. The molecule has 0 radical (unpaired) electrons. The van der Waals surface area contributed by atoms with Crippen LogP contribution in [0.4, 0.5) is 5.69 Å². The van der Waals surface area contributed by atoms with Gasteiger partial charge in [0.1, 0.15) is 0 Å². The van der Waals surface area contributed by atoms with Crippen molar-refractivity contribution in [2.75, 3.05) is 19.3 Å². The number of nitro benzene ring substituents is 1. The summed E-state index contributed by atoms with van der Waals surface area (Å²) in [5, 5.41) is 17.2. The van der Waals surface area contributed by atoms with E-state index >= 15 is 0 Å². The van der Waals surface area contributed by atoms with Crippen molar-refractivity contribution >= 4 is 35.8 Å². The second kappa shape index (κ2) is 8.36. The van der Waals surface area contributed by atoms with E-state index in [4.69, 9.17) is 0 Å². The summed E-state index contributed by atoms with van der Waals surface area (Å²) >= 11 is 1.30. The Labute approximate surface area is 140 Å². The molecule has 0 spiro atoms. The fourth-order valence-corrected chi connectivity index (χ4v) is 2.96. The van der Waals surface area contributed by atoms with Gasteiger partial charge in [0.2, 0.25) is 0 Å². The summed E-state index contributed by atoms with van der Waals surface area (Å²) in [5.74, 6) is 0.141. The number of piperidine rings is 1. The molecule has 2 rings (SSSR count). The van der Waals surface area contributed by atoms with E-state index in [2.05, 4.69) is 17.6 Å². The highest BCUT2D eigenvalue weighted by Gasteiger charge is 2.24. The van der Waals surface area contributed by atoms with Crippen molar-refractivity contribution in [2.24, 2.45) is 5.92 Å². The lowest BCUT2D eigenvalue weighted by Crippen LogP contribution is -2.50. The molecule has 0 aliphatic carbocycles. The topological polar surface area (TPSA) is 84.3 Å². The lowest BCUT2D eigenvalue weighted by Gasteiger charge is -2.30. The van der Waals surface area contributed by atoms with E-state index in [0.717, 1.165) is 19.5 Å². The van der Waals surface area contributed by atoms with E-state index in [1.165, 1.54) is 17.8 Å². The molecule has 1 amide bonds. The quantitative estimate of drug-likeness (QED) is 0.497. The lowest BCUT2D eigenvalue weighted by atomic mass is 9.94. The Morgan fingerprint density at radius 1 is 1.50 bits per heavy atom. The highest BCUT2D eigenvalue weighted by molar-refractivity contribution is 7.98. The lowest BCUT2D eigenvalue weighted by molar-refractivity contribution is -0.387. The van der Waals surface area contributed by atoms with E-state index in [1.807, 2.05) is 0 Å². The fraction of sp³-hybridized carbons (Fsp3) is 0.500. The molecule has 1 aliphatic heterocycles. The second-order valence-electron chi connectivity index (χ2n) is 5.19. The molecule has 0 bridgehead atoms. The third-order valence-electron chi connectivity index (χ3n) is 3.78. The number of benzene rings is 1. The molecule has 122 valence electrons. The first kappa shape index (κ1) is 18.7. The number of nitrogens with zero attached hydrogens (tertiary/aromatic N) is 1. The Morgan fingerprint density at radius 3 is 2.82 bits per heavy atom. The number of carbonyl (C=O) groups excluding carboxylic acids is 1. The number of carbonyl (C=O) groups is 1. The van der Waals surface area contributed by atoms with E-state index in [-0.39, 0.29) is 30.0 Å². The summed E-state index contributed by atoms with van der Waals surface area (Å²) in [5.41, 5.74) is 0.308. The first-order valence-corrected chi connectivity index (χ1v) is 8.09. The number of nitro groups is 1. The minimum absolute atomic E-state index is 0. The van der Waals surface area contributed by atoms with Crippen LogP contribution in [-0.2, 0) is 0 Å². The summed E-state index contributed by atoms with van der Waals surface area (Å²) < 4.78 is 0. The second-order valence-corrected chi connectivity index (χ2v) is 6.04. The summed E-state index contributed by atoms with van der Waals surface area (Å²) in [6.07, 6.45) is 2.79. The predicted octanol–water partition coefficient (Wildman–Crippen LogP) is 2.47. The Bertz CT molecular complexity index is 556. The van der Waals surface area contributed by atoms with Gasteiger partial charge in [-0.25, -0.2) is 0 Å². The first-order chi connectivity index (χ1) is 10.0. The van der Waals surface area contributed by atoms with Crippen LogP contribution in [0.25, 0.3) is 0 Å². The third-order valence-corrected chi connectivity index (χ3v) is 4.57. The number of halogens is 1. The van der Waals surface area contributed by atoms with Crippen LogP contribution in [0, 0.1) is 16.0 Å². The van der Waals surface area contributed by atoms with Gasteiger partial charge in [0, 0.05) is 24.2 Å². The Kier molecular flexibility index (Phi) is 7.12. The van der Waals surface area contributed by atoms with Crippen molar-refractivity contribution in [3.63, 3.8) is 0 Å². The third kappa shape index (κ3) is 4.34. The smallest absolute Gasteiger partial charge is 0.283 e. The van der Waals surface area contributed by atoms with Crippen LogP contribution in [0.2, 0.25) is 0 Å². The van der Waals surface area contributed by atoms with Crippen LogP contribution in [0.5, 0.6) is 0 Å². The maximum Gasteiger partial charge on any atom is 0.283 e. The number of thioether (sulfide) groups is 1. The van der Waals surface area contributed by atoms with Gasteiger partial charge in [0.15, 0.2) is 0 Å². The molecule has 1 aromatic carbocycles. The minimum Gasteiger partial charge on any atom is -0.348 e. The van der Waals surface area contributed by atoms with E-state index < -0.39 is 4.92 Å². The molecule has 1 aliphatic rings. The summed E-state index contributed by atoms with van der Waals surface area (Å²) in [4.78, 5) is 23.4. The maximum atomic E-state index is 12.3. The van der Waals surface area contributed by atoms with Gasteiger partial charge < -0.3 is 10.6 Å². The van der Waals surface area contributed by atoms with Gasteiger partial charge in [-0.2, -0.15) is 0 Å². The molecule has 0 saturated carbocycles. The summed E-state index contributed by atoms with van der Waals surface area (Å²) in [6, 6.07) is 4.67. The zero-order chi connectivity index (χ0) is 15.4. The number of hydrogen-bond donors (Lipinski definition) is 2. The molecule has 8 heteroatoms. The van der Waals surface area contributed by atoms with Crippen molar-refractivity contribution in [1.82, 2.24) is 10.6 Å². The molecule has 2 unspecified atom stereocenters. The maximum absolute atomic E-state index is 12.3. The number of nitrogens with one attached hydrogen (secondary N) is 2. The molecule has 1 fully saturated rings. The van der Waals surface area contributed by atoms with Crippen LogP contribution in [0.15, 0.2) is 23.1 Å². The Hall–Kier alpha value is -1.31. The van der Waals surface area contributed by atoms with Crippen molar-refractivity contribution in [1.29, 1.82) is 0 Å². The Balaban J connectivity index is 0.00000242. The van der Waals surface area contributed by atoms with Crippen molar-refractivity contribution in [2.45, 2.75) is 24.3 Å². The van der Waals surface area contributed by atoms with Gasteiger partial charge in [0.05, 0.1) is 9.82 Å². The zero-order valence-electron chi connectivity index (χ0n) is 12.5. The fourth-order valence-electron chi connectivity index (χ4n) is 2.41. The molecular formula is C14H20ClN3O3S. The molecule has 1 heterocycles. The van der Waals surface area contributed by atoms with Crippen LogP contribution in [0.3, 0.4) is 0 Å². The molecule has 2 atom stereocenters. The molecule has 6 nitrogen and oxygen atoms in total. The SMILES string of the molecule is CSc1ccc(C(=O)NC2CNCCC2C)cc1[N+](=O)[O-].Cl. The zero-order valence-corrected chi connectivity index (χ0v) is 14.1. The van der Waals surface area contributed by atoms with E-state index in [1.54, 1.807) is 18.4 Å². The van der Waals surface area contributed by atoms with Crippen molar-refractivity contribution in [3.05, 3.63) is 33.9 Å². The van der Waals surface area contributed by atoms with Gasteiger partial charge >= 0.3 is 0 Å². The predicted molar refractivity (Wildman–Crippen MR) is 90.0 cm³/mol. The van der Waals surface area contributed by atoms with Crippen LogP contribution in [0.1, 0.15) is 23.7 Å². The van der Waals surface area contributed by atoms with Gasteiger partial charge in [-0.05, 0) is 37.3 Å². The standard InChI is InChI=1S/C14H19N3O3S.ClH/c1-9-5-6-15-8-11(9)16-14(18)10-3-4-13(21-2)12(7-10)17(19)20;/h3-4,7,9,11,15H,5-6,8H2,1-2H3,(H,16,18);1H. The van der Waals surface area contributed by atoms with E-state index in [0.29, 0.717) is 16.4 Å². The van der Waals surface area contributed by atoms with Crippen LogP contribution >= 0.6 is 24.2 Å². The highest BCUT2D eigenvalue weighted by atomic mass is 35.5. The summed E-state index contributed by atoms with van der Waals surface area (Å²) in [7, 11) is 0. The van der Waals surface area contributed by atoms with Gasteiger partial charge in [-0.1, -0.05) is 6.92 Å². The van der Waals surface area contributed by atoms with Crippen LogP contribution < -0.4 is 10.6 Å². The molecule has 2 N–H and O–H groups in total. The van der Waals surface area contributed by atoms with E-state index in [9.17, 15) is 14.9 Å². The van der Waals surface area contributed by atoms with Crippen molar-refractivity contribution in [3.8, 4) is 0 Å². The van der Waals surface area contributed by atoms with Gasteiger partial charge in [0.25, 0.3) is 11.6 Å². The molecule has 22 heavy (non-hydrogen) atoms. The average molecular weight is 346 g/mol. The number of amides is 1. The van der Waals surface area contributed by atoms with Crippen molar-refractivity contribution < 1.29 is 9.72 Å². The average Bonchev–Trinajstić information content (AvgIpc) is 2.48. The number of rotatable bonds is 4. The monoisotopic (exact) mass is 345 g/mol. The van der Waals surface area contributed by atoms with Gasteiger partial charge in [-0.3, -0.25) is 14.9 Å². The Morgan fingerprint density at radius 2 is 2.23 bits per heavy atom. The molecule has 0 aromatic heterocycles. The molecule has 1 aromatic rings. The van der Waals surface area contributed by atoms with Crippen LogP contribution in [-0.4, -0.2) is 36.2 Å². The normalized spacial score (nSPS) is 20.8. The largest absolute Gasteiger partial charge is 0.348 e. The minimum atomic E-state index is -0.451. The molecule has 1 saturated heterocycles. The highest BCUT2D eigenvalue weighted by Crippen LogP contribution is 2.28. The molecular weight excluding hydrogens is 326 g/mol. The van der Waals surface area contributed by atoms with Gasteiger partial charge in [-0.15, -0.1) is 24.2 Å².